The SMILES string of the molecule is CCCC(C)OCCCC(=O)Nc1cccc(N)c1. The zero-order chi connectivity index (χ0) is 14.1. The second kappa shape index (κ2) is 8.53. The third kappa shape index (κ3) is 6.82. The Bertz CT molecular complexity index is 393. The second-order valence-corrected chi connectivity index (χ2v) is 4.75. The number of nitrogens with one attached hydrogen (secondary N) is 1. The predicted molar refractivity (Wildman–Crippen MR) is 79.0 cm³/mol. The minimum absolute atomic E-state index is 0.00246. The number of hydrogen-bond donors (Lipinski definition) is 2. The Morgan fingerprint density at radius 1 is 1.47 bits per heavy atom. The van der Waals surface area contributed by atoms with E-state index in [0.29, 0.717) is 18.7 Å². The van der Waals surface area contributed by atoms with E-state index in [1.807, 2.05) is 12.1 Å². The fourth-order valence-electron chi connectivity index (χ4n) is 1.85. The Balaban J connectivity index is 2.18. The van der Waals surface area contributed by atoms with E-state index in [1.165, 1.54) is 0 Å². The molecular formula is C15H24N2O2. The fraction of sp³-hybridized carbons (Fsp3) is 0.533. The molecule has 0 aliphatic rings. The van der Waals surface area contributed by atoms with Crippen LogP contribution in [-0.4, -0.2) is 18.6 Å². The number of anilines is 2. The van der Waals surface area contributed by atoms with Crippen LogP contribution in [0.2, 0.25) is 0 Å². The molecule has 1 atom stereocenters. The molecule has 0 aliphatic carbocycles. The summed E-state index contributed by atoms with van der Waals surface area (Å²) in [7, 11) is 0. The summed E-state index contributed by atoms with van der Waals surface area (Å²) < 4.78 is 5.60. The van der Waals surface area contributed by atoms with Crippen molar-refractivity contribution in [3.05, 3.63) is 24.3 Å². The minimum atomic E-state index is -0.00246. The highest BCUT2D eigenvalue weighted by atomic mass is 16.5. The van der Waals surface area contributed by atoms with E-state index in [0.717, 1.165) is 24.9 Å². The first-order chi connectivity index (χ1) is 9.11. The molecule has 1 unspecified atom stereocenters. The van der Waals surface area contributed by atoms with Crippen molar-refractivity contribution in [2.24, 2.45) is 0 Å². The van der Waals surface area contributed by atoms with Gasteiger partial charge in [-0.05, 0) is 38.0 Å². The monoisotopic (exact) mass is 264 g/mol. The number of carbonyl (C=O) groups excluding carboxylic acids is 1. The van der Waals surface area contributed by atoms with E-state index in [9.17, 15) is 4.79 Å². The maximum Gasteiger partial charge on any atom is 0.224 e. The molecule has 4 heteroatoms. The molecule has 0 spiro atoms. The summed E-state index contributed by atoms with van der Waals surface area (Å²) in [6.07, 6.45) is 3.67. The Hall–Kier alpha value is -1.55. The van der Waals surface area contributed by atoms with E-state index < -0.39 is 0 Å². The Morgan fingerprint density at radius 2 is 2.26 bits per heavy atom. The van der Waals surface area contributed by atoms with Gasteiger partial charge < -0.3 is 15.8 Å². The van der Waals surface area contributed by atoms with Crippen LogP contribution in [0.5, 0.6) is 0 Å². The lowest BCUT2D eigenvalue weighted by molar-refractivity contribution is -0.116. The van der Waals surface area contributed by atoms with Gasteiger partial charge in [0.1, 0.15) is 0 Å². The lowest BCUT2D eigenvalue weighted by atomic mass is 10.2. The summed E-state index contributed by atoms with van der Waals surface area (Å²) in [5.41, 5.74) is 7.04. The van der Waals surface area contributed by atoms with E-state index >= 15 is 0 Å². The molecule has 0 fully saturated rings. The van der Waals surface area contributed by atoms with Gasteiger partial charge in [0, 0.05) is 24.4 Å². The van der Waals surface area contributed by atoms with Crippen molar-refractivity contribution in [3.63, 3.8) is 0 Å². The average molecular weight is 264 g/mol. The first kappa shape index (κ1) is 15.5. The van der Waals surface area contributed by atoms with Crippen LogP contribution >= 0.6 is 0 Å². The number of rotatable bonds is 8. The number of amides is 1. The van der Waals surface area contributed by atoms with Gasteiger partial charge in [-0.3, -0.25) is 4.79 Å². The molecule has 0 aromatic heterocycles. The van der Waals surface area contributed by atoms with Gasteiger partial charge in [0.2, 0.25) is 5.91 Å². The lowest BCUT2D eigenvalue weighted by Gasteiger charge is -2.11. The molecule has 0 heterocycles. The predicted octanol–water partition coefficient (Wildman–Crippen LogP) is 3.19. The molecule has 0 aliphatic heterocycles. The van der Waals surface area contributed by atoms with Gasteiger partial charge in [-0.15, -0.1) is 0 Å². The Kier molecular flexibility index (Phi) is 6.97. The van der Waals surface area contributed by atoms with E-state index in [-0.39, 0.29) is 12.0 Å². The molecule has 0 saturated carbocycles. The zero-order valence-electron chi connectivity index (χ0n) is 11.8. The van der Waals surface area contributed by atoms with Crippen LogP contribution in [-0.2, 0) is 9.53 Å². The molecule has 4 nitrogen and oxygen atoms in total. The quantitative estimate of drug-likeness (QED) is 0.560. The molecule has 0 saturated heterocycles. The highest BCUT2D eigenvalue weighted by Gasteiger charge is 2.04. The maximum absolute atomic E-state index is 11.7. The van der Waals surface area contributed by atoms with Crippen molar-refractivity contribution in [2.75, 3.05) is 17.7 Å². The molecule has 0 bridgehead atoms. The van der Waals surface area contributed by atoms with Gasteiger partial charge in [0.25, 0.3) is 0 Å². The molecule has 3 N–H and O–H groups in total. The summed E-state index contributed by atoms with van der Waals surface area (Å²) >= 11 is 0. The third-order valence-electron chi connectivity index (χ3n) is 2.82. The minimum Gasteiger partial charge on any atom is -0.399 e. The summed E-state index contributed by atoms with van der Waals surface area (Å²) in [6, 6.07) is 7.19. The molecule has 106 valence electrons. The second-order valence-electron chi connectivity index (χ2n) is 4.75. The highest BCUT2D eigenvalue weighted by molar-refractivity contribution is 5.91. The van der Waals surface area contributed by atoms with Crippen LogP contribution in [0.1, 0.15) is 39.5 Å². The molecular weight excluding hydrogens is 240 g/mol. The molecule has 1 aromatic rings. The number of carbonyl (C=O) groups is 1. The summed E-state index contributed by atoms with van der Waals surface area (Å²) in [5.74, 6) is -0.00246. The summed E-state index contributed by atoms with van der Waals surface area (Å²) in [5, 5.41) is 2.82. The van der Waals surface area contributed by atoms with Crippen molar-refractivity contribution < 1.29 is 9.53 Å². The average Bonchev–Trinajstić information content (AvgIpc) is 2.35. The summed E-state index contributed by atoms with van der Waals surface area (Å²) in [6.45, 7) is 4.83. The number of ether oxygens (including phenoxy) is 1. The van der Waals surface area contributed by atoms with Gasteiger partial charge in [0.15, 0.2) is 0 Å². The number of hydrogen-bond acceptors (Lipinski definition) is 3. The first-order valence-electron chi connectivity index (χ1n) is 6.88. The van der Waals surface area contributed by atoms with Crippen molar-refractivity contribution >= 4 is 17.3 Å². The zero-order valence-corrected chi connectivity index (χ0v) is 11.8. The van der Waals surface area contributed by atoms with Crippen LogP contribution < -0.4 is 11.1 Å². The number of nitrogens with two attached hydrogens (primary N) is 1. The molecule has 19 heavy (non-hydrogen) atoms. The van der Waals surface area contributed by atoms with Crippen molar-refractivity contribution in [1.82, 2.24) is 0 Å². The summed E-state index contributed by atoms with van der Waals surface area (Å²) in [4.78, 5) is 11.7. The standard InChI is InChI=1S/C15H24N2O2/c1-3-6-12(2)19-10-5-9-15(18)17-14-8-4-7-13(16)11-14/h4,7-8,11-12H,3,5-6,9-10,16H2,1-2H3,(H,17,18). The number of nitrogen functional groups attached to an aromatic ring is 1. The van der Waals surface area contributed by atoms with E-state index in [2.05, 4.69) is 19.2 Å². The smallest absolute Gasteiger partial charge is 0.224 e. The van der Waals surface area contributed by atoms with Gasteiger partial charge in [-0.25, -0.2) is 0 Å². The van der Waals surface area contributed by atoms with Crippen molar-refractivity contribution in [3.8, 4) is 0 Å². The lowest BCUT2D eigenvalue weighted by Crippen LogP contribution is -2.14. The van der Waals surface area contributed by atoms with Crippen LogP contribution in [0.15, 0.2) is 24.3 Å². The maximum atomic E-state index is 11.7. The van der Waals surface area contributed by atoms with Gasteiger partial charge in [-0.2, -0.15) is 0 Å². The van der Waals surface area contributed by atoms with Gasteiger partial charge in [0.05, 0.1) is 6.10 Å². The van der Waals surface area contributed by atoms with Crippen LogP contribution in [0.3, 0.4) is 0 Å². The normalized spacial score (nSPS) is 12.1. The molecule has 1 amide bonds. The fourth-order valence-corrected chi connectivity index (χ4v) is 1.85. The Labute approximate surface area is 115 Å². The van der Waals surface area contributed by atoms with Crippen molar-refractivity contribution in [2.45, 2.75) is 45.6 Å². The van der Waals surface area contributed by atoms with Crippen LogP contribution in [0.25, 0.3) is 0 Å². The van der Waals surface area contributed by atoms with Crippen molar-refractivity contribution in [1.29, 1.82) is 0 Å². The van der Waals surface area contributed by atoms with E-state index in [4.69, 9.17) is 10.5 Å². The largest absolute Gasteiger partial charge is 0.399 e. The molecule has 1 aromatic carbocycles. The molecule has 1 rings (SSSR count). The van der Waals surface area contributed by atoms with Gasteiger partial charge >= 0.3 is 0 Å². The topological polar surface area (TPSA) is 64.3 Å². The van der Waals surface area contributed by atoms with Crippen LogP contribution in [0, 0.1) is 0 Å². The highest BCUT2D eigenvalue weighted by Crippen LogP contribution is 2.12. The number of benzene rings is 1. The first-order valence-corrected chi connectivity index (χ1v) is 6.88. The van der Waals surface area contributed by atoms with E-state index in [1.54, 1.807) is 12.1 Å². The van der Waals surface area contributed by atoms with Gasteiger partial charge in [-0.1, -0.05) is 19.4 Å². The Morgan fingerprint density at radius 3 is 2.95 bits per heavy atom. The van der Waals surface area contributed by atoms with Crippen LogP contribution in [0.4, 0.5) is 11.4 Å². The third-order valence-corrected chi connectivity index (χ3v) is 2.82. The molecule has 0 radical (unpaired) electrons.